The summed E-state index contributed by atoms with van der Waals surface area (Å²) in [5, 5.41) is 0. The maximum atomic E-state index is 11.9. The van der Waals surface area contributed by atoms with Crippen LogP contribution in [0.5, 0.6) is 0 Å². The van der Waals surface area contributed by atoms with Gasteiger partial charge in [-0.2, -0.15) is 0 Å². The van der Waals surface area contributed by atoms with Crippen LogP contribution >= 0.6 is 0 Å². The summed E-state index contributed by atoms with van der Waals surface area (Å²) in [5.74, 6) is -2.69. The lowest BCUT2D eigenvalue weighted by Gasteiger charge is -1.88. The zero-order valence-corrected chi connectivity index (χ0v) is 4.37. The van der Waals surface area contributed by atoms with Crippen molar-refractivity contribution in [1.82, 2.24) is 0 Å². The number of hydrogen-bond acceptors (Lipinski definition) is 0. The fourth-order valence-corrected chi connectivity index (χ4v) is 0.520. The van der Waals surface area contributed by atoms with E-state index >= 15 is 0 Å². The van der Waals surface area contributed by atoms with Crippen LogP contribution in [0.3, 0.4) is 0 Å². The van der Waals surface area contributed by atoms with Gasteiger partial charge in [0, 0.05) is 18.2 Å². The normalized spacial score (nSPS) is 9.67. The molecule has 1 aromatic rings. The third kappa shape index (κ3) is 1.45. The standard InChI is InChI=1S/C6H3F3/c7-4-1-5(8)3-6(9)2-4/h1-3H. The summed E-state index contributed by atoms with van der Waals surface area (Å²) >= 11 is 0. The minimum Gasteiger partial charge on any atom is -0.207 e. The van der Waals surface area contributed by atoms with Crippen molar-refractivity contribution < 1.29 is 13.2 Å². The quantitative estimate of drug-likeness (QED) is 0.507. The van der Waals surface area contributed by atoms with Crippen LogP contribution in [-0.4, -0.2) is 0 Å². The van der Waals surface area contributed by atoms with Crippen LogP contribution in [0.1, 0.15) is 0 Å². The molecule has 48 valence electrons. The highest BCUT2D eigenvalue weighted by atomic mass is 19.1. The van der Waals surface area contributed by atoms with E-state index in [1.165, 1.54) is 0 Å². The fourth-order valence-electron chi connectivity index (χ4n) is 0.520. The van der Waals surface area contributed by atoms with Crippen LogP contribution in [0, 0.1) is 17.5 Å². The average molecular weight is 132 g/mol. The Labute approximate surface area is 49.9 Å². The van der Waals surface area contributed by atoms with E-state index in [2.05, 4.69) is 0 Å². The molecule has 0 fully saturated rings. The molecule has 3 heteroatoms. The minimum absolute atomic E-state index is 0.614. The Morgan fingerprint density at radius 2 is 0.889 bits per heavy atom. The molecule has 0 aliphatic carbocycles. The van der Waals surface area contributed by atoms with Crippen LogP contribution in [0.25, 0.3) is 0 Å². The van der Waals surface area contributed by atoms with Crippen molar-refractivity contribution in [3.63, 3.8) is 0 Å². The van der Waals surface area contributed by atoms with Crippen molar-refractivity contribution in [3.8, 4) is 0 Å². The summed E-state index contributed by atoms with van der Waals surface area (Å²) in [5.41, 5.74) is 0. The van der Waals surface area contributed by atoms with E-state index in [1.54, 1.807) is 0 Å². The maximum absolute atomic E-state index is 11.9. The van der Waals surface area contributed by atoms with E-state index < -0.39 is 17.5 Å². The topological polar surface area (TPSA) is 0 Å². The van der Waals surface area contributed by atoms with Gasteiger partial charge in [-0.1, -0.05) is 0 Å². The predicted molar refractivity (Wildman–Crippen MR) is 26.3 cm³/mol. The van der Waals surface area contributed by atoms with E-state index in [9.17, 15) is 13.2 Å². The molecule has 0 saturated carbocycles. The molecule has 0 bridgehead atoms. The lowest BCUT2D eigenvalue weighted by molar-refractivity contribution is 0.543. The van der Waals surface area contributed by atoms with Gasteiger partial charge in [0.1, 0.15) is 17.5 Å². The zero-order valence-electron chi connectivity index (χ0n) is 4.37. The van der Waals surface area contributed by atoms with Gasteiger partial charge in [-0.3, -0.25) is 0 Å². The molecule has 0 amide bonds. The molecule has 0 radical (unpaired) electrons. The molecule has 0 heterocycles. The Hall–Kier alpha value is -0.990. The zero-order chi connectivity index (χ0) is 6.85. The first kappa shape index (κ1) is 6.13. The first-order valence-corrected chi connectivity index (χ1v) is 2.30. The molecular weight excluding hydrogens is 129 g/mol. The summed E-state index contributed by atoms with van der Waals surface area (Å²) in [6, 6.07) is 1.84. The maximum Gasteiger partial charge on any atom is 0.129 e. The Morgan fingerprint density at radius 3 is 1.11 bits per heavy atom. The van der Waals surface area contributed by atoms with Gasteiger partial charge < -0.3 is 0 Å². The second kappa shape index (κ2) is 2.09. The lowest BCUT2D eigenvalue weighted by Crippen LogP contribution is -1.81. The van der Waals surface area contributed by atoms with Crippen molar-refractivity contribution in [2.75, 3.05) is 0 Å². The van der Waals surface area contributed by atoms with Crippen molar-refractivity contribution in [3.05, 3.63) is 35.7 Å². The smallest absolute Gasteiger partial charge is 0.129 e. The summed E-state index contributed by atoms with van der Waals surface area (Å²) < 4.78 is 35.8. The minimum atomic E-state index is -0.896. The molecule has 0 aliphatic heterocycles. The van der Waals surface area contributed by atoms with Gasteiger partial charge in [0.15, 0.2) is 0 Å². The van der Waals surface area contributed by atoms with Crippen LogP contribution in [-0.2, 0) is 0 Å². The average Bonchev–Trinajstić information content (AvgIpc) is 1.59. The summed E-state index contributed by atoms with van der Waals surface area (Å²) in [4.78, 5) is 0. The highest BCUT2D eigenvalue weighted by Gasteiger charge is 1.96. The fraction of sp³-hybridized carbons (Fsp3) is 0. The van der Waals surface area contributed by atoms with Gasteiger partial charge >= 0.3 is 0 Å². The SMILES string of the molecule is Fc1cc(F)cc(F)c1. The predicted octanol–water partition coefficient (Wildman–Crippen LogP) is 2.10. The molecule has 0 saturated heterocycles. The summed E-state index contributed by atoms with van der Waals surface area (Å²) in [6.07, 6.45) is 0. The summed E-state index contributed by atoms with van der Waals surface area (Å²) in [6.45, 7) is 0. The second-order valence-electron chi connectivity index (χ2n) is 1.59. The molecule has 1 rings (SSSR count). The van der Waals surface area contributed by atoms with Gasteiger partial charge in [0.25, 0.3) is 0 Å². The first-order chi connectivity index (χ1) is 4.18. The number of rotatable bonds is 0. The number of benzene rings is 1. The van der Waals surface area contributed by atoms with Gasteiger partial charge in [-0.15, -0.1) is 0 Å². The molecule has 0 atom stereocenters. The summed E-state index contributed by atoms with van der Waals surface area (Å²) in [7, 11) is 0. The molecule has 0 nitrogen and oxygen atoms in total. The van der Waals surface area contributed by atoms with E-state index in [0.717, 1.165) is 0 Å². The largest absolute Gasteiger partial charge is 0.207 e. The monoisotopic (exact) mass is 132 g/mol. The Kier molecular flexibility index (Phi) is 1.42. The van der Waals surface area contributed by atoms with E-state index in [1.807, 2.05) is 0 Å². The first-order valence-electron chi connectivity index (χ1n) is 2.30. The van der Waals surface area contributed by atoms with Gasteiger partial charge in [-0.05, 0) is 0 Å². The van der Waals surface area contributed by atoms with Crippen LogP contribution < -0.4 is 0 Å². The highest BCUT2D eigenvalue weighted by molar-refractivity contribution is 5.07. The third-order valence-electron chi connectivity index (χ3n) is 0.827. The molecule has 9 heavy (non-hydrogen) atoms. The van der Waals surface area contributed by atoms with Gasteiger partial charge in [-0.25, -0.2) is 13.2 Å². The van der Waals surface area contributed by atoms with Crippen molar-refractivity contribution in [1.29, 1.82) is 0 Å². The molecule has 0 unspecified atom stereocenters. The molecule has 1 aromatic carbocycles. The highest BCUT2D eigenvalue weighted by Crippen LogP contribution is 2.04. The lowest BCUT2D eigenvalue weighted by atomic mass is 10.3. The van der Waals surface area contributed by atoms with Crippen molar-refractivity contribution in [2.24, 2.45) is 0 Å². The molecule has 0 aliphatic rings. The van der Waals surface area contributed by atoms with E-state index in [4.69, 9.17) is 0 Å². The van der Waals surface area contributed by atoms with E-state index in [-0.39, 0.29) is 0 Å². The number of hydrogen-bond donors (Lipinski definition) is 0. The Bertz CT molecular complexity index is 169. The molecule has 0 aromatic heterocycles. The number of halogens is 3. The second-order valence-corrected chi connectivity index (χ2v) is 1.59. The molecular formula is C6H3F3. The molecule has 0 spiro atoms. The Balaban J connectivity index is 3.17. The van der Waals surface area contributed by atoms with Crippen LogP contribution in [0.15, 0.2) is 18.2 Å². The Morgan fingerprint density at radius 1 is 0.667 bits per heavy atom. The van der Waals surface area contributed by atoms with E-state index in [0.29, 0.717) is 18.2 Å². The van der Waals surface area contributed by atoms with Gasteiger partial charge in [0.05, 0.1) is 0 Å². The van der Waals surface area contributed by atoms with Crippen molar-refractivity contribution >= 4 is 0 Å². The van der Waals surface area contributed by atoms with Crippen molar-refractivity contribution in [2.45, 2.75) is 0 Å². The van der Waals surface area contributed by atoms with Crippen LogP contribution in [0.2, 0.25) is 0 Å². The third-order valence-corrected chi connectivity index (χ3v) is 0.827. The van der Waals surface area contributed by atoms with Crippen LogP contribution in [0.4, 0.5) is 13.2 Å². The van der Waals surface area contributed by atoms with Gasteiger partial charge in [0.2, 0.25) is 0 Å². The molecule has 0 N–H and O–H groups in total.